The van der Waals surface area contributed by atoms with Gasteiger partial charge in [0.25, 0.3) is 0 Å². The van der Waals surface area contributed by atoms with E-state index in [1.165, 1.54) is 27.9 Å². The molecule has 0 saturated heterocycles. The van der Waals surface area contributed by atoms with Gasteiger partial charge in [-0.2, -0.15) is 0 Å². The van der Waals surface area contributed by atoms with Gasteiger partial charge in [-0.1, -0.05) is 6.07 Å². The highest BCUT2D eigenvalue weighted by Crippen LogP contribution is 2.40. The van der Waals surface area contributed by atoms with E-state index < -0.39 is 0 Å². The van der Waals surface area contributed by atoms with Crippen molar-refractivity contribution in [2.45, 2.75) is 12.8 Å². The van der Waals surface area contributed by atoms with Crippen LogP contribution in [0.4, 0.5) is 5.69 Å². The van der Waals surface area contributed by atoms with Crippen LogP contribution in [-0.4, -0.2) is 18.1 Å². The van der Waals surface area contributed by atoms with Crippen molar-refractivity contribution < 1.29 is 0 Å². The third kappa shape index (κ3) is 1.91. The fraction of sp³-hybridized carbons (Fsp3) is 0.267. The summed E-state index contributed by atoms with van der Waals surface area (Å²) in [4.78, 5) is 4.23. The number of aromatic nitrogens is 1. The van der Waals surface area contributed by atoms with Gasteiger partial charge in [-0.25, -0.2) is 4.72 Å². The van der Waals surface area contributed by atoms with Crippen molar-refractivity contribution in [3.05, 3.63) is 47.8 Å². The van der Waals surface area contributed by atoms with Crippen molar-refractivity contribution in [2.75, 3.05) is 17.4 Å². The average Bonchev–Trinajstić information content (AvgIpc) is 2.75. The maximum atomic E-state index is 4.23. The zero-order valence-electron chi connectivity index (χ0n) is 10.6. The zero-order valence-corrected chi connectivity index (χ0v) is 11.4. The van der Waals surface area contributed by atoms with Gasteiger partial charge in [0.1, 0.15) is 0 Å². The maximum absolute atomic E-state index is 4.23. The maximum Gasteiger partial charge on any atom is 0.0547 e. The fourth-order valence-corrected chi connectivity index (χ4v) is 3.75. The normalized spacial score (nSPS) is 17.2. The lowest BCUT2D eigenvalue weighted by Gasteiger charge is -2.17. The molecule has 4 heteroatoms. The molecular weight excluding hydrogens is 254 g/mol. The van der Waals surface area contributed by atoms with Gasteiger partial charge in [-0.3, -0.25) is 4.98 Å². The number of hydrogen-bond donors (Lipinski definition) is 1. The summed E-state index contributed by atoms with van der Waals surface area (Å²) >= 11 is 1.75. The Morgan fingerprint density at radius 3 is 2.89 bits per heavy atom. The lowest BCUT2D eigenvalue weighted by Crippen LogP contribution is -2.16. The van der Waals surface area contributed by atoms with Crippen molar-refractivity contribution in [2.24, 2.45) is 0 Å². The molecule has 0 saturated carbocycles. The summed E-state index contributed by atoms with van der Waals surface area (Å²) in [6.07, 6.45) is 6.02. The van der Waals surface area contributed by atoms with Crippen LogP contribution in [0.2, 0.25) is 0 Å². The van der Waals surface area contributed by atoms with Crippen LogP contribution in [0.15, 0.2) is 36.7 Å². The van der Waals surface area contributed by atoms with Crippen molar-refractivity contribution in [3.8, 4) is 11.1 Å². The van der Waals surface area contributed by atoms with E-state index in [1.807, 2.05) is 18.5 Å². The molecule has 1 N–H and O–H groups in total. The highest BCUT2D eigenvalue weighted by molar-refractivity contribution is 7.98. The molecule has 19 heavy (non-hydrogen) atoms. The molecule has 0 bridgehead atoms. The molecule has 1 aromatic carbocycles. The molecule has 2 aliphatic rings. The van der Waals surface area contributed by atoms with E-state index in [2.05, 4.69) is 32.2 Å². The number of hydrogen-bond acceptors (Lipinski definition) is 4. The molecule has 0 spiro atoms. The Bertz CT molecular complexity index is 612. The van der Waals surface area contributed by atoms with Crippen molar-refractivity contribution >= 4 is 17.8 Å². The Morgan fingerprint density at radius 2 is 2.05 bits per heavy atom. The number of benzene rings is 1. The van der Waals surface area contributed by atoms with Crippen LogP contribution in [0.25, 0.3) is 11.1 Å². The lowest BCUT2D eigenvalue weighted by molar-refractivity contribution is 0.917. The molecule has 1 aromatic heterocycles. The Morgan fingerprint density at radius 1 is 1.16 bits per heavy atom. The number of pyridine rings is 1. The first-order chi connectivity index (χ1) is 9.42. The van der Waals surface area contributed by atoms with Crippen molar-refractivity contribution in [3.63, 3.8) is 0 Å². The molecule has 0 radical (unpaired) electrons. The van der Waals surface area contributed by atoms with Crippen LogP contribution in [0.1, 0.15) is 11.1 Å². The van der Waals surface area contributed by atoms with Crippen LogP contribution in [0, 0.1) is 0 Å². The van der Waals surface area contributed by atoms with Gasteiger partial charge >= 0.3 is 0 Å². The van der Waals surface area contributed by atoms with Gasteiger partial charge in [-0.05, 0) is 47.7 Å². The summed E-state index contributed by atoms with van der Waals surface area (Å²) in [5.74, 6) is 0. The van der Waals surface area contributed by atoms with Crippen molar-refractivity contribution in [1.29, 1.82) is 0 Å². The molecule has 3 heterocycles. The molecule has 2 aromatic rings. The van der Waals surface area contributed by atoms with Gasteiger partial charge in [0.15, 0.2) is 0 Å². The van der Waals surface area contributed by atoms with E-state index >= 15 is 0 Å². The predicted molar refractivity (Wildman–Crippen MR) is 80.0 cm³/mol. The van der Waals surface area contributed by atoms with Gasteiger partial charge in [-0.15, -0.1) is 0 Å². The van der Waals surface area contributed by atoms with E-state index in [4.69, 9.17) is 0 Å². The molecule has 0 unspecified atom stereocenters. The number of rotatable bonds is 1. The average molecular weight is 269 g/mol. The third-order valence-electron chi connectivity index (χ3n) is 3.77. The minimum absolute atomic E-state index is 1.03. The number of nitrogens with one attached hydrogen (secondary N) is 1. The van der Waals surface area contributed by atoms with E-state index in [0.717, 1.165) is 25.9 Å². The molecule has 96 valence electrons. The third-order valence-corrected chi connectivity index (χ3v) is 4.69. The summed E-state index contributed by atoms with van der Waals surface area (Å²) in [5.41, 5.74) is 6.90. The first-order valence-electron chi connectivity index (χ1n) is 6.65. The number of nitrogens with zero attached hydrogens (tertiary/aromatic N) is 2. The Kier molecular flexibility index (Phi) is 2.71. The molecule has 0 atom stereocenters. The zero-order chi connectivity index (χ0) is 12.7. The van der Waals surface area contributed by atoms with Gasteiger partial charge in [0, 0.05) is 43.2 Å². The van der Waals surface area contributed by atoms with E-state index in [0.29, 0.717) is 0 Å². The van der Waals surface area contributed by atoms with E-state index in [-0.39, 0.29) is 0 Å². The van der Waals surface area contributed by atoms with Crippen LogP contribution in [-0.2, 0) is 12.8 Å². The molecule has 2 aliphatic heterocycles. The van der Waals surface area contributed by atoms with Gasteiger partial charge < -0.3 is 4.31 Å². The minimum Gasteiger partial charge on any atom is -0.303 e. The second-order valence-electron chi connectivity index (χ2n) is 4.97. The smallest absolute Gasteiger partial charge is 0.0547 e. The molecule has 0 fully saturated rings. The molecule has 0 amide bonds. The van der Waals surface area contributed by atoms with Crippen molar-refractivity contribution in [1.82, 2.24) is 9.71 Å². The summed E-state index contributed by atoms with van der Waals surface area (Å²) in [7, 11) is 0. The second kappa shape index (κ2) is 4.54. The highest BCUT2D eigenvalue weighted by Gasteiger charge is 2.25. The Labute approximate surface area is 117 Å². The minimum atomic E-state index is 1.03. The first kappa shape index (κ1) is 11.3. The van der Waals surface area contributed by atoms with Gasteiger partial charge in [0.05, 0.1) is 5.69 Å². The van der Waals surface area contributed by atoms with Gasteiger partial charge in [0.2, 0.25) is 0 Å². The van der Waals surface area contributed by atoms with E-state index in [9.17, 15) is 0 Å². The summed E-state index contributed by atoms with van der Waals surface area (Å²) in [5, 5.41) is 0. The standard InChI is InChI=1S/C15H15N3S/c1-2-13(10-16-5-1)14-8-11-3-6-17-19-18-7-4-12(9-14)15(11)18/h1-2,5,8-10,17H,3-4,6-7H2. The lowest BCUT2D eigenvalue weighted by atomic mass is 9.97. The largest absolute Gasteiger partial charge is 0.303 e. The first-order valence-corrected chi connectivity index (χ1v) is 7.43. The molecule has 0 aliphatic carbocycles. The second-order valence-corrected chi connectivity index (χ2v) is 5.88. The summed E-state index contributed by atoms with van der Waals surface area (Å²) < 4.78 is 5.81. The highest BCUT2D eigenvalue weighted by atomic mass is 32.2. The SMILES string of the molecule is c1cncc(-c2cc3c4c(c2)CCN4SNCC3)c1. The molecule has 3 nitrogen and oxygen atoms in total. The van der Waals surface area contributed by atoms with Crippen LogP contribution in [0.3, 0.4) is 0 Å². The topological polar surface area (TPSA) is 28.2 Å². The predicted octanol–water partition coefficient (Wildman–Crippen LogP) is 2.82. The van der Waals surface area contributed by atoms with Crippen LogP contribution in [0.5, 0.6) is 0 Å². The van der Waals surface area contributed by atoms with Crippen LogP contribution < -0.4 is 9.03 Å². The number of anilines is 1. The Balaban J connectivity index is 1.87. The van der Waals surface area contributed by atoms with Crippen LogP contribution >= 0.6 is 12.1 Å². The fourth-order valence-electron chi connectivity index (χ4n) is 2.90. The summed E-state index contributed by atoms with van der Waals surface area (Å²) in [6.45, 7) is 2.14. The molecular formula is C15H15N3S. The summed E-state index contributed by atoms with van der Waals surface area (Å²) in [6, 6.07) is 8.81. The Hall–Kier alpha value is -1.52. The van der Waals surface area contributed by atoms with E-state index in [1.54, 1.807) is 12.1 Å². The quantitative estimate of drug-likeness (QED) is 0.806. The monoisotopic (exact) mass is 269 g/mol. The molecule has 4 rings (SSSR count).